The van der Waals surface area contributed by atoms with Crippen molar-refractivity contribution in [2.24, 2.45) is 0 Å². The largest absolute Gasteiger partial charge is 0.357 e. The van der Waals surface area contributed by atoms with E-state index in [0.717, 1.165) is 27.8 Å². The molecule has 0 fully saturated rings. The number of likely N-dealkylation sites (N-methyl/N-ethyl adjacent to an activating group) is 1. The second-order valence-corrected chi connectivity index (χ2v) is 8.51. The summed E-state index contributed by atoms with van der Waals surface area (Å²) in [6, 6.07) is 22.6. The number of rotatable bonds is 8. The number of nitrogens with one attached hydrogen (secondary N) is 1. The van der Waals surface area contributed by atoms with Crippen molar-refractivity contribution in [2.45, 2.75) is 39.3 Å². The maximum absolute atomic E-state index is 13.6. The Morgan fingerprint density at radius 2 is 1.66 bits per heavy atom. The lowest BCUT2D eigenvalue weighted by molar-refractivity contribution is -0.140. The van der Waals surface area contributed by atoms with Crippen molar-refractivity contribution >= 4 is 23.4 Å². The molecular weight excluding hydrogens is 420 g/mol. The number of carbonyl (C=O) groups excluding carboxylic acids is 2. The maximum atomic E-state index is 13.6. The third kappa shape index (κ3) is 6.21. The molecule has 5 heteroatoms. The van der Waals surface area contributed by atoms with Crippen LogP contribution < -0.4 is 5.32 Å². The van der Waals surface area contributed by atoms with Crippen molar-refractivity contribution in [3.05, 3.63) is 106 Å². The minimum absolute atomic E-state index is 0.0943. The quantitative estimate of drug-likeness (QED) is 0.533. The molecule has 0 aliphatic carbocycles. The van der Waals surface area contributed by atoms with E-state index in [0.29, 0.717) is 18.0 Å². The highest BCUT2D eigenvalue weighted by Gasteiger charge is 2.30. The molecule has 0 aliphatic rings. The van der Waals surface area contributed by atoms with Crippen LogP contribution in [0.3, 0.4) is 0 Å². The summed E-state index contributed by atoms with van der Waals surface area (Å²) >= 11 is 6.19. The fraction of sp³-hybridized carbons (Fsp3) is 0.259. The molecular formula is C27H29ClN2O2. The van der Waals surface area contributed by atoms with Gasteiger partial charge in [0.1, 0.15) is 6.04 Å². The summed E-state index contributed by atoms with van der Waals surface area (Å²) in [4.78, 5) is 28.3. The number of hydrogen-bond acceptors (Lipinski definition) is 2. The van der Waals surface area contributed by atoms with E-state index in [1.165, 1.54) is 0 Å². The van der Waals surface area contributed by atoms with Gasteiger partial charge in [-0.1, -0.05) is 77.8 Å². The third-order valence-electron chi connectivity index (χ3n) is 5.61. The standard InChI is InChI=1S/C27H29ClN2O2/c1-19-12-13-20(2)23(14-19)17-26(31)30(18-22-10-7-11-24(28)15-22)25(27(32)29-3)16-21-8-5-4-6-9-21/h4-15,25H,16-18H2,1-3H3,(H,29,32). The first-order valence-electron chi connectivity index (χ1n) is 10.7. The average molecular weight is 449 g/mol. The van der Waals surface area contributed by atoms with Gasteiger partial charge in [0.2, 0.25) is 11.8 Å². The lowest BCUT2D eigenvalue weighted by atomic mass is 9.99. The predicted octanol–water partition coefficient (Wildman–Crippen LogP) is 4.89. The van der Waals surface area contributed by atoms with E-state index in [1.54, 1.807) is 18.0 Å². The molecule has 166 valence electrons. The molecule has 0 saturated heterocycles. The SMILES string of the molecule is CNC(=O)C(Cc1ccccc1)N(Cc1cccc(Cl)c1)C(=O)Cc1cc(C)ccc1C. The molecule has 1 unspecified atom stereocenters. The van der Waals surface area contributed by atoms with Gasteiger partial charge in [-0.05, 0) is 48.2 Å². The van der Waals surface area contributed by atoms with Crippen LogP contribution in [0.15, 0.2) is 72.8 Å². The molecule has 32 heavy (non-hydrogen) atoms. The van der Waals surface area contributed by atoms with Crippen LogP contribution in [0.1, 0.15) is 27.8 Å². The van der Waals surface area contributed by atoms with E-state index in [2.05, 4.69) is 5.32 Å². The Morgan fingerprint density at radius 1 is 0.938 bits per heavy atom. The molecule has 3 aromatic rings. The zero-order valence-electron chi connectivity index (χ0n) is 18.8. The first-order valence-corrected chi connectivity index (χ1v) is 11.1. The summed E-state index contributed by atoms with van der Waals surface area (Å²) in [5.41, 5.74) is 5.02. The molecule has 0 aliphatic heterocycles. The summed E-state index contributed by atoms with van der Waals surface area (Å²) in [5, 5.41) is 3.34. The summed E-state index contributed by atoms with van der Waals surface area (Å²) in [6.45, 7) is 4.32. The minimum atomic E-state index is -0.640. The van der Waals surface area contributed by atoms with Crippen LogP contribution in [-0.4, -0.2) is 29.8 Å². The highest BCUT2D eigenvalue weighted by Crippen LogP contribution is 2.20. The lowest BCUT2D eigenvalue weighted by Crippen LogP contribution is -2.50. The zero-order chi connectivity index (χ0) is 23.1. The van der Waals surface area contributed by atoms with E-state index >= 15 is 0 Å². The second-order valence-electron chi connectivity index (χ2n) is 8.08. The van der Waals surface area contributed by atoms with Gasteiger partial charge in [0.05, 0.1) is 6.42 Å². The molecule has 1 N–H and O–H groups in total. The molecule has 3 aromatic carbocycles. The van der Waals surface area contributed by atoms with E-state index in [1.807, 2.05) is 80.6 Å². The van der Waals surface area contributed by atoms with Crippen LogP contribution >= 0.6 is 11.6 Å². The van der Waals surface area contributed by atoms with Crippen molar-refractivity contribution in [2.75, 3.05) is 7.05 Å². The molecule has 3 rings (SSSR count). The molecule has 0 heterocycles. The van der Waals surface area contributed by atoms with Crippen molar-refractivity contribution in [3.63, 3.8) is 0 Å². The van der Waals surface area contributed by atoms with E-state index in [4.69, 9.17) is 11.6 Å². The first-order chi connectivity index (χ1) is 15.4. The Kier molecular flexibility index (Phi) is 8.07. The van der Waals surface area contributed by atoms with Crippen LogP contribution in [0.4, 0.5) is 0 Å². The molecule has 0 saturated carbocycles. The van der Waals surface area contributed by atoms with Gasteiger partial charge in [-0.25, -0.2) is 0 Å². The fourth-order valence-corrected chi connectivity index (χ4v) is 4.02. The smallest absolute Gasteiger partial charge is 0.242 e. The highest BCUT2D eigenvalue weighted by atomic mass is 35.5. The molecule has 0 aromatic heterocycles. The first kappa shape index (κ1) is 23.6. The number of halogens is 1. The molecule has 2 amide bonds. The molecule has 4 nitrogen and oxygen atoms in total. The Morgan fingerprint density at radius 3 is 2.34 bits per heavy atom. The summed E-state index contributed by atoms with van der Waals surface area (Å²) < 4.78 is 0. The van der Waals surface area contributed by atoms with Gasteiger partial charge in [-0.2, -0.15) is 0 Å². The Hall–Kier alpha value is -3.11. The van der Waals surface area contributed by atoms with Gasteiger partial charge in [0, 0.05) is 25.0 Å². The van der Waals surface area contributed by atoms with Crippen LogP contribution in [0.2, 0.25) is 5.02 Å². The Balaban J connectivity index is 1.97. The lowest BCUT2D eigenvalue weighted by Gasteiger charge is -2.31. The van der Waals surface area contributed by atoms with E-state index in [-0.39, 0.29) is 18.2 Å². The second kappa shape index (κ2) is 11.0. The topological polar surface area (TPSA) is 49.4 Å². The van der Waals surface area contributed by atoms with Crippen molar-refractivity contribution in [1.82, 2.24) is 10.2 Å². The molecule has 0 spiro atoms. The zero-order valence-corrected chi connectivity index (χ0v) is 19.5. The summed E-state index contributed by atoms with van der Waals surface area (Å²) in [7, 11) is 1.60. The monoisotopic (exact) mass is 448 g/mol. The average Bonchev–Trinajstić information content (AvgIpc) is 2.78. The van der Waals surface area contributed by atoms with E-state index < -0.39 is 6.04 Å². The van der Waals surface area contributed by atoms with Crippen molar-refractivity contribution < 1.29 is 9.59 Å². The minimum Gasteiger partial charge on any atom is -0.357 e. The van der Waals surface area contributed by atoms with Crippen LogP contribution in [0.5, 0.6) is 0 Å². The van der Waals surface area contributed by atoms with Gasteiger partial charge in [-0.3, -0.25) is 9.59 Å². The maximum Gasteiger partial charge on any atom is 0.242 e. The molecule has 0 radical (unpaired) electrons. The number of amides is 2. The van der Waals surface area contributed by atoms with Gasteiger partial charge < -0.3 is 10.2 Å². The van der Waals surface area contributed by atoms with Gasteiger partial charge in [0.25, 0.3) is 0 Å². The Bertz CT molecular complexity index is 1080. The molecule has 1 atom stereocenters. The summed E-state index contributed by atoms with van der Waals surface area (Å²) in [5.74, 6) is -0.284. The van der Waals surface area contributed by atoms with Crippen molar-refractivity contribution in [3.8, 4) is 0 Å². The highest BCUT2D eigenvalue weighted by molar-refractivity contribution is 6.30. The number of aryl methyl sites for hydroxylation is 2. The van der Waals surface area contributed by atoms with Crippen LogP contribution in [0.25, 0.3) is 0 Å². The predicted molar refractivity (Wildman–Crippen MR) is 130 cm³/mol. The Labute approximate surface area is 195 Å². The van der Waals surface area contributed by atoms with Gasteiger partial charge in [-0.15, -0.1) is 0 Å². The van der Waals surface area contributed by atoms with Gasteiger partial charge in [0.15, 0.2) is 0 Å². The normalized spacial score (nSPS) is 11.6. The third-order valence-corrected chi connectivity index (χ3v) is 5.84. The van der Waals surface area contributed by atoms with E-state index in [9.17, 15) is 9.59 Å². The van der Waals surface area contributed by atoms with Gasteiger partial charge >= 0.3 is 0 Å². The van der Waals surface area contributed by atoms with Crippen LogP contribution in [0, 0.1) is 13.8 Å². The number of hydrogen-bond donors (Lipinski definition) is 1. The number of benzene rings is 3. The molecule has 0 bridgehead atoms. The van der Waals surface area contributed by atoms with Crippen LogP contribution in [-0.2, 0) is 29.0 Å². The van der Waals surface area contributed by atoms with Crippen molar-refractivity contribution in [1.29, 1.82) is 0 Å². The number of nitrogens with zero attached hydrogens (tertiary/aromatic N) is 1. The fourth-order valence-electron chi connectivity index (χ4n) is 3.81. The number of carbonyl (C=O) groups is 2. The summed E-state index contributed by atoms with van der Waals surface area (Å²) in [6.07, 6.45) is 0.663.